The van der Waals surface area contributed by atoms with Crippen LogP contribution < -0.4 is 5.01 Å². The van der Waals surface area contributed by atoms with Crippen molar-refractivity contribution in [3.63, 3.8) is 0 Å². The number of carbonyl (C=O) groups is 1. The fourth-order valence-electron chi connectivity index (χ4n) is 2.55. The lowest BCUT2D eigenvalue weighted by molar-refractivity contribution is -0.142. The van der Waals surface area contributed by atoms with Gasteiger partial charge in [-0.25, -0.2) is 9.99 Å². The summed E-state index contributed by atoms with van der Waals surface area (Å²) in [6.07, 6.45) is 2.21. The van der Waals surface area contributed by atoms with Crippen molar-refractivity contribution in [1.82, 2.24) is 4.98 Å². The van der Waals surface area contributed by atoms with Gasteiger partial charge < -0.3 is 4.74 Å². The summed E-state index contributed by atoms with van der Waals surface area (Å²) in [7, 11) is 0. The molecule has 0 spiro atoms. The lowest BCUT2D eigenvalue weighted by atomic mass is 10.1. The summed E-state index contributed by atoms with van der Waals surface area (Å²) < 4.78 is 6.34. The van der Waals surface area contributed by atoms with Crippen LogP contribution in [0.4, 0.5) is 5.13 Å². The van der Waals surface area contributed by atoms with Crippen molar-refractivity contribution < 1.29 is 9.53 Å². The number of carbonyl (C=O) groups excluding carboxylic acids is 1. The van der Waals surface area contributed by atoms with Crippen molar-refractivity contribution >= 4 is 38.9 Å². The van der Waals surface area contributed by atoms with E-state index in [1.54, 1.807) is 23.3 Å². The number of anilines is 1. The van der Waals surface area contributed by atoms with E-state index >= 15 is 0 Å². The summed E-state index contributed by atoms with van der Waals surface area (Å²) in [4.78, 5) is 16.1. The van der Waals surface area contributed by atoms with Crippen LogP contribution in [0.25, 0.3) is 10.2 Å². The lowest BCUT2D eigenvalue weighted by Gasteiger charge is -2.16. The highest BCUT2D eigenvalue weighted by Gasteiger charge is 2.12. The van der Waals surface area contributed by atoms with Crippen LogP contribution in [0.15, 0.2) is 47.6 Å². The molecule has 0 atom stereocenters. The number of fused-ring (bicyclic) bond motifs is 1. The van der Waals surface area contributed by atoms with Gasteiger partial charge >= 0.3 is 5.97 Å². The predicted molar refractivity (Wildman–Crippen MR) is 112 cm³/mol. The first-order valence-corrected chi connectivity index (χ1v) is 9.78. The van der Waals surface area contributed by atoms with Crippen LogP contribution in [0.5, 0.6) is 0 Å². The average molecular weight is 382 g/mol. The van der Waals surface area contributed by atoms with Gasteiger partial charge in [-0.15, -0.1) is 0 Å². The van der Waals surface area contributed by atoms with Crippen LogP contribution in [0.2, 0.25) is 0 Å². The van der Waals surface area contributed by atoms with Crippen molar-refractivity contribution in [2.45, 2.75) is 27.2 Å². The molecule has 5 nitrogen and oxygen atoms in total. The number of thiazole rings is 1. The van der Waals surface area contributed by atoms with Crippen LogP contribution in [0.1, 0.15) is 30.0 Å². The summed E-state index contributed by atoms with van der Waals surface area (Å²) in [5.41, 5.74) is 4.35. The molecule has 0 N–H and O–H groups in total. The summed E-state index contributed by atoms with van der Waals surface area (Å²) in [6.45, 7) is 6.63. The average Bonchev–Trinajstić information content (AvgIpc) is 3.10. The van der Waals surface area contributed by atoms with Gasteiger partial charge in [-0.2, -0.15) is 5.10 Å². The van der Waals surface area contributed by atoms with Gasteiger partial charge in [-0.05, 0) is 37.1 Å². The largest absolute Gasteiger partial charge is 0.464 e. The fourth-order valence-corrected chi connectivity index (χ4v) is 3.50. The first-order chi connectivity index (χ1) is 13.1. The topological polar surface area (TPSA) is 54.8 Å². The van der Waals surface area contributed by atoms with Crippen LogP contribution >= 0.6 is 11.3 Å². The highest BCUT2D eigenvalue weighted by atomic mass is 32.1. The third-order valence-electron chi connectivity index (χ3n) is 4.13. The minimum absolute atomic E-state index is 0.210. The molecule has 3 rings (SSSR count). The molecule has 6 heteroatoms. The number of hydrazone groups is 1. The minimum atomic E-state index is -0.210. The second-order valence-electron chi connectivity index (χ2n) is 6.27. The van der Waals surface area contributed by atoms with Gasteiger partial charge in [0.05, 0.1) is 23.0 Å². The Morgan fingerprint density at radius 1 is 1.26 bits per heavy atom. The van der Waals surface area contributed by atoms with E-state index in [0.29, 0.717) is 13.0 Å². The molecule has 0 amide bonds. The molecule has 1 heterocycles. The van der Waals surface area contributed by atoms with E-state index in [1.165, 1.54) is 5.56 Å². The molecule has 0 unspecified atom stereocenters. The molecular weight excluding hydrogens is 358 g/mol. The second-order valence-corrected chi connectivity index (χ2v) is 7.28. The highest BCUT2D eigenvalue weighted by Crippen LogP contribution is 2.28. The zero-order chi connectivity index (χ0) is 19.2. The van der Waals surface area contributed by atoms with Gasteiger partial charge in [0.2, 0.25) is 5.13 Å². The maximum atomic E-state index is 11.4. The van der Waals surface area contributed by atoms with E-state index in [-0.39, 0.29) is 12.6 Å². The molecule has 0 aliphatic carbocycles. The van der Waals surface area contributed by atoms with Crippen molar-refractivity contribution in [2.75, 3.05) is 18.2 Å². The monoisotopic (exact) mass is 381 g/mol. The summed E-state index contributed by atoms with van der Waals surface area (Å²) >= 11 is 1.57. The van der Waals surface area contributed by atoms with E-state index < -0.39 is 0 Å². The molecule has 140 valence electrons. The molecular formula is C21H23N3O2S. The van der Waals surface area contributed by atoms with Gasteiger partial charge in [0.25, 0.3) is 0 Å². The normalized spacial score (nSPS) is 11.2. The number of nitrogens with zero attached hydrogens (tertiary/aromatic N) is 3. The zero-order valence-corrected chi connectivity index (χ0v) is 16.6. The van der Waals surface area contributed by atoms with Crippen LogP contribution in [0, 0.1) is 13.8 Å². The Morgan fingerprint density at radius 2 is 2.07 bits per heavy atom. The third kappa shape index (κ3) is 4.92. The van der Waals surface area contributed by atoms with Gasteiger partial charge in [0, 0.05) is 6.42 Å². The van der Waals surface area contributed by atoms with Crippen molar-refractivity contribution in [3.8, 4) is 0 Å². The molecule has 27 heavy (non-hydrogen) atoms. The Morgan fingerprint density at radius 3 is 2.85 bits per heavy atom. The van der Waals surface area contributed by atoms with E-state index in [2.05, 4.69) is 42.1 Å². The van der Waals surface area contributed by atoms with E-state index in [9.17, 15) is 4.79 Å². The number of rotatable bonds is 7. The smallest absolute Gasteiger partial charge is 0.305 e. The molecule has 2 aromatic carbocycles. The van der Waals surface area contributed by atoms with Crippen molar-refractivity contribution in [3.05, 3.63) is 59.2 Å². The Labute approximate surface area is 163 Å². The summed E-state index contributed by atoms with van der Waals surface area (Å²) in [6, 6.07) is 14.3. The Bertz CT molecular complexity index is 932. The number of aryl methyl sites for hydroxylation is 2. The maximum absolute atomic E-state index is 11.4. The molecule has 1 aromatic heterocycles. The number of para-hydroxylation sites is 1. The Kier molecular flexibility index (Phi) is 6.19. The van der Waals surface area contributed by atoms with Crippen LogP contribution in [0.3, 0.4) is 0 Å². The van der Waals surface area contributed by atoms with Gasteiger partial charge in [-0.3, -0.25) is 4.79 Å². The number of hydrogen-bond acceptors (Lipinski definition) is 6. The Balaban J connectivity index is 1.85. The fraction of sp³-hybridized carbons (Fsp3) is 0.286. The van der Waals surface area contributed by atoms with Crippen molar-refractivity contribution in [2.24, 2.45) is 5.10 Å². The predicted octanol–water partition coefficient (Wildman–Crippen LogP) is 4.71. The molecule has 0 aliphatic heterocycles. The standard InChI is InChI=1S/C21H23N3O2S/c1-4-20(25)26-12-11-24(21-23-18-7-5-6-8-19(18)27-21)22-14-17-13-15(2)9-10-16(17)3/h5-10,13-14H,4,11-12H2,1-3H3/b22-14+. The first-order valence-electron chi connectivity index (χ1n) is 8.97. The summed E-state index contributed by atoms with van der Waals surface area (Å²) in [5, 5.41) is 7.23. The third-order valence-corrected chi connectivity index (χ3v) is 5.18. The number of hydrogen-bond donors (Lipinski definition) is 0. The molecule has 0 saturated carbocycles. The van der Waals surface area contributed by atoms with Gasteiger partial charge in [-0.1, -0.05) is 54.2 Å². The van der Waals surface area contributed by atoms with Gasteiger partial charge in [0.1, 0.15) is 6.61 Å². The number of ether oxygens (including phenoxy) is 1. The molecule has 0 aliphatic rings. The SMILES string of the molecule is CCC(=O)OCCN(/N=C/c1cc(C)ccc1C)c1nc2ccccc2s1. The quantitative estimate of drug-likeness (QED) is 0.338. The maximum Gasteiger partial charge on any atom is 0.305 e. The van der Waals surface area contributed by atoms with E-state index in [1.807, 2.05) is 30.5 Å². The number of benzene rings is 2. The molecule has 0 fully saturated rings. The zero-order valence-electron chi connectivity index (χ0n) is 15.8. The second kappa shape index (κ2) is 8.77. The molecule has 0 radical (unpaired) electrons. The highest BCUT2D eigenvalue weighted by molar-refractivity contribution is 7.22. The lowest BCUT2D eigenvalue weighted by Crippen LogP contribution is -2.23. The number of esters is 1. The Hall–Kier alpha value is -2.73. The van der Waals surface area contributed by atoms with Crippen molar-refractivity contribution in [1.29, 1.82) is 0 Å². The molecule has 0 saturated heterocycles. The minimum Gasteiger partial charge on any atom is -0.464 e. The van der Waals surface area contributed by atoms with E-state index in [4.69, 9.17) is 4.74 Å². The summed E-state index contributed by atoms with van der Waals surface area (Å²) in [5.74, 6) is -0.210. The first kappa shape index (κ1) is 19.0. The van der Waals surface area contributed by atoms with Gasteiger partial charge in [0.15, 0.2) is 0 Å². The number of aromatic nitrogens is 1. The molecule has 3 aromatic rings. The van der Waals surface area contributed by atoms with Crippen LogP contribution in [-0.4, -0.2) is 30.3 Å². The van der Waals surface area contributed by atoms with Crippen LogP contribution in [-0.2, 0) is 9.53 Å². The van der Waals surface area contributed by atoms with E-state index in [0.717, 1.165) is 26.5 Å². The molecule has 0 bridgehead atoms.